The smallest absolute Gasteiger partial charge is 0.448 e. The first-order chi connectivity index (χ1) is 6.37. The van der Waals surface area contributed by atoms with Gasteiger partial charge in [0.15, 0.2) is 5.16 Å². The molecule has 1 rings (SSSR count). The quantitative estimate of drug-likeness (QED) is 0.480. The molecular weight excluding hydrogens is 216 g/mol. The Hall–Kier alpha value is -0.915. The van der Waals surface area contributed by atoms with Gasteiger partial charge in [0.1, 0.15) is 0 Å². The Kier molecular flexibility index (Phi) is 3.25. The van der Waals surface area contributed by atoms with Gasteiger partial charge in [0.05, 0.1) is 0 Å². The molecule has 8 heteroatoms. The molecule has 0 saturated carbocycles. The second-order valence-corrected chi connectivity index (χ2v) is 3.72. The highest BCUT2D eigenvalue weighted by Crippen LogP contribution is 2.20. The summed E-state index contributed by atoms with van der Waals surface area (Å²) in [7, 11) is 0. The molecule has 0 atom stereocenters. The average molecular weight is 223 g/mol. The van der Waals surface area contributed by atoms with Gasteiger partial charge < -0.3 is 17.9 Å². The number of nitrogens with zero attached hydrogens (tertiary/aromatic N) is 1. The van der Waals surface area contributed by atoms with Crippen LogP contribution in [0.1, 0.15) is 5.69 Å². The summed E-state index contributed by atoms with van der Waals surface area (Å²) in [6.45, 7) is -3.30. The summed E-state index contributed by atoms with van der Waals surface area (Å²) >= 11 is 0.492. The second kappa shape index (κ2) is 4.08. The van der Waals surface area contributed by atoms with Crippen LogP contribution in [0.15, 0.2) is 16.0 Å². The van der Waals surface area contributed by atoms with Crippen LogP contribution < -0.4 is 5.56 Å². The first kappa shape index (κ1) is 11.2. The number of hydrogen-bond donors (Lipinski definition) is 1. The zero-order chi connectivity index (χ0) is 10.8. The molecule has 0 aliphatic carbocycles. The van der Waals surface area contributed by atoms with Gasteiger partial charge in [-0.1, -0.05) is 0 Å². The Balaban J connectivity index is 2.73. The van der Waals surface area contributed by atoms with Gasteiger partial charge >= 0.3 is 6.98 Å². The molecule has 1 aromatic heterocycles. The fourth-order valence-corrected chi connectivity index (χ4v) is 1.52. The van der Waals surface area contributed by atoms with E-state index < -0.39 is 18.2 Å². The highest BCUT2D eigenvalue weighted by Gasteiger charge is 2.23. The predicted molar refractivity (Wildman–Crippen MR) is 49.4 cm³/mol. The van der Waals surface area contributed by atoms with Crippen LogP contribution in [0.3, 0.4) is 0 Å². The SMILES string of the molecule is Cc1cc(=O)[nH]c(SC[B-](F)(F)F)n1. The van der Waals surface area contributed by atoms with Crippen molar-refractivity contribution in [2.45, 2.75) is 12.1 Å². The Bertz CT molecular complexity index is 378. The molecule has 3 nitrogen and oxygen atoms in total. The molecule has 0 unspecified atom stereocenters. The Morgan fingerprint density at radius 3 is 2.71 bits per heavy atom. The summed E-state index contributed by atoms with van der Waals surface area (Å²) in [5, 5.41) is 0.00852. The van der Waals surface area contributed by atoms with E-state index in [1.165, 1.54) is 6.07 Å². The number of H-pyrrole nitrogens is 1. The van der Waals surface area contributed by atoms with E-state index in [0.29, 0.717) is 17.5 Å². The van der Waals surface area contributed by atoms with Crippen LogP contribution in [-0.2, 0) is 0 Å². The van der Waals surface area contributed by atoms with Crippen LogP contribution >= 0.6 is 11.8 Å². The zero-order valence-corrected chi connectivity index (χ0v) is 8.08. The zero-order valence-electron chi connectivity index (χ0n) is 7.26. The summed E-state index contributed by atoms with van der Waals surface area (Å²) in [5.41, 5.74) is -1.02. The van der Waals surface area contributed by atoms with Crippen LogP contribution in [0, 0.1) is 6.92 Å². The van der Waals surface area contributed by atoms with E-state index in [1.807, 2.05) is 0 Å². The van der Waals surface area contributed by atoms with Crippen LogP contribution in [0.2, 0.25) is 0 Å². The van der Waals surface area contributed by atoms with Crippen LogP contribution in [0.4, 0.5) is 12.9 Å². The second-order valence-electron chi connectivity index (χ2n) is 2.71. The fourth-order valence-electron chi connectivity index (χ4n) is 0.793. The lowest BCUT2D eigenvalue weighted by Crippen LogP contribution is -2.20. The van der Waals surface area contributed by atoms with Gasteiger partial charge in [-0.3, -0.25) is 4.79 Å². The van der Waals surface area contributed by atoms with Gasteiger partial charge in [0.25, 0.3) is 5.56 Å². The van der Waals surface area contributed by atoms with Crippen molar-refractivity contribution < 1.29 is 12.9 Å². The molecule has 0 aromatic carbocycles. The number of aryl methyl sites for hydroxylation is 1. The number of thioether (sulfide) groups is 1. The minimum atomic E-state index is -4.85. The minimum absolute atomic E-state index is 0.00852. The molecule has 1 N–H and O–H groups in total. The lowest BCUT2D eigenvalue weighted by atomic mass is 9.98. The van der Waals surface area contributed by atoms with Gasteiger partial charge in [0, 0.05) is 11.8 Å². The summed E-state index contributed by atoms with van der Waals surface area (Å²) in [6, 6.07) is 1.22. The summed E-state index contributed by atoms with van der Waals surface area (Å²) in [4.78, 5) is 16.8. The van der Waals surface area contributed by atoms with Crippen molar-refractivity contribution in [1.82, 2.24) is 9.97 Å². The number of aromatic nitrogens is 2. The predicted octanol–water partition coefficient (Wildman–Crippen LogP) is 1.56. The highest BCUT2D eigenvalue weighted by molar-refractivity contribution is 8.00. The molecule has 1 heterocycles. The van der Waals surface area contributed by atoms with Crippen LogP contribution in [-0.4, -0.2) is 22.6 Å². The molecule has 0 bridgehead atoms. The van der Waals surface area contributed by atoms with Gasteiger partial charge in [0.2, 0.25) is 0 Å². The molecule has 0 aliphatic rings. The molecule has 0 fully saturated rings. The molecule has 1 aromatic rings. The van der Waals surface area contributed by atoms with E-state index in [2.05, 4.69) is 9.97 Å². The van der Waals surface area contributed by atoms with Gasteiger partial charge in [-0.15, -0.1) is 11.8 Å². The molecule has 14 heavy (non-hydrogen) atoms. The van der Waals surface area contributed by atoms with Crippen LogP contribution in [0.5, 0.6) is 0 Å². The Morgan fingerprint density at radius 2 is 2.21 bits per heavy atom. The van der Waals surface area contributed by atoms with Crippen molar-refractivity contribution in [1.29, 1.82) is 0 Å². The van der Waals surface area contributed by atoms with E-state index in [9.17, 15) is 17.7 Å². The van der Waals surface area contributed by atoms with Gasteiger partial charge in [-0.2, -0.15) is 0 Å². The van der Waals surface area contributed by atoms with Crippen molar-refractivity contribution in [2.75, 3.05) is 5.65 Å². The average Bonchev–Trinajstić information content (AvgIpc) is 1.97. The van der Waals surface area contributed by atoms with Crippen molar-refractivity contribution >= 4 is 18.7 Å². The van der Waals surface area contributed by atoms with Crippen molar-refractivity contribution in [3.05, 3.63) is 22.1 Å². The standard InChI is InChI=1S/C6H7BF3N2OS/c1-4-2-5(13)12-6(11-4)14-3-7(8,9)10/h2H,3H2,1H3,(H,11,12,13)/q-1. The molecule has 0 aliphatic heterocycles. The maximum absolute atomic E-state index is 11.9. The summed E-state index contributed by atoms with van der Waals surface area (Å²) < 4.78 is 35.6. The molecule has 78 valence electrons. The van der Waals surface area contributed by atoms with Crippen molar-refractivity contribution in [3.63, 3.8) is 0 Å². The first-order valence-corrected chi connectivity index (χ1v) is 4.77. The molecular formula is C6H7BF3N2OS-. The number of hydrogen-bond acceptors (Lipinski definition) is 3. The van der Waals surface area contributed by atoms with Gasteiger partial charge in [-0.25, -0.2) is 4.98 Å². The maximum Gasteiger partial charge on any atom is 0.488 e. The number of rotatable bonds is 3. The summed E-state index contributed by atoms with van der Waals surface area (Å²) in [6.07, 6.45) is 0. The van der Waals surface area contributed by atoms with E-state index in [4.69, 9.17) is 0 Å². The first-order valence-electron chi connectivity index (χ1n) is 3.78. The Labute approximate surface area is 82.2 Å². The molecule has 0 saturated heterocycles. The van der Waals surface area contributed by atoms with E-state index in [-0.39, 0.29) is 5.16 Å². The van der Waals surface area contributed by atoms with Crippen LogP contribution in [0.25, 0.3) is 0 Å². The highest BCUT2D eigenvalue weighted by atomic mass is 32.2. The molecule has 0 spiro atoms. The van der Waals surface area contributed by atoms with E-state index >= 15 is 0 Å². The lowest BCUT2D eigenvalue weighted by molar-refractivity contribution is 0.485. The monoisotopic (exact) mass is 223 g/mol. The number of nitrogens with one attached hydrogen (secondary N) is 1. The third-order valence-electron chi connectivity index (χ3n) is 1.26. The largest absolute Gasteiger partial charge is 0.488 e. The van der Waals surface area contributed by atoms with E-state index in [1.54, 1.807) is 6.92 Å². The lowest BCUT2D eigenvalue weighted by Gasteiger charge is -2.11. The topological polar surface area (TPSA) is 45.8 Å². The summed E-state index contributed by atoms with van der Waals surface area (Å²) in [5.74, 6) is 0. The normalized spacial score (nSPS) is 11.7. The van der Waals surface area contributed by atoms with Crippen molar-refractivity contribution in [3.8, 4) is 0 Å². The molecule has 0 radical (unpaired) electrons. The third kappa shape index (κ3) is 3.86. The number of aromatic amines is 1. The fraction of sp³-hybridized carbons (Fsp3) is 0.333. The van der Waals surface area contributed by atoms with Gasteiger partial charge in [-0.05, 0) is 12.6 Å². The maximum atomic E-state index is 11.9. The Morgan fingerprint density at radius 1 is 1.57 bits per heavy atom. The van der Waals surface area contributed by atoms with Crippen molar-refractivity contribution in [2.24, 2.45) is 0 Å². The minimum Gasteiger partial charge on any atom is -0.448 e. The third-order valence-corrected chi connectivity index (χ3v) is 2.27. The van der Waals surface area contributed by atoms with E-state index in [0.717, 1.165) is 0 Å². The number of halogens is 3. The molecule has 0 amide bonds.